The van der Waals surface area contributed by atoms with Crippen LogP contribution in [0.15, 0.2) is 193 Å². The lowest BCUT2D eigenvalue weighted by Gasteiger charge is -2.27. The third kappa shape index (κ3) is 7.25. The molecule has 0 heterocycles. The second-order valence-corrected chi connectivity index (χ2v) is 18.1. The van der Waals surface area contributed by atoms with Crippen LogP contribution in [0, 0.1) is 19.8 Å². The highest BCUT2D eigenvalue weighted by Gasteiger charge is 2.33. The minimum Gasteiger partial charge on any atom is -0.0629 e. The van der Waals surface area contributed by atoms with E-state index in [9.17, 15) is 0 Å². The monoisotopic (exact) mass is 712 g/mol. The van der Waals surface area contributed by atoms with Crippen LogP contribution in [-0.2, 0) is 0 Å². The van der Waals surface area contributed by atoms with Crippen LogP contribution in [0.1, 0.15) is 37.5 Å². The molecule has 1 atom stereocenters. The standard InChI is InChI=1S/C53H48Si/c1-36-26-37(2)28-49(27-36)53-40(5)38(3)39(4)52(53)35-54(50-31-45(41-18-10-6-11-19-41)29-46(32-50)42-20-12-7-13-21-42)51-33-47(43-22-14-8-15-23-43)30-48(34-51)44-24-16-9-17-25-44/h6-34,52,54H,35H2,1-5H3. The molecule has 7 aromatic carbocycles. The van der Waals surface area contributed by atoms with Gasteiger partial charge in [0.25, 0.3) is 0 Å². The summed E-state index contributed by atoms with van der Waals surface area (Å²) in [4.78, 5) is 0. The molecule has 1 heteroatoms. The summed E-state index contributed by atoms with van der Waals surface area (Å²) in [5.41, 5.74) is 20.1. The molecular weight excluding hydrogens is 665 g/mol. The van der Waals surface area contributed by atoms with Crippen molar-refractivity contribution in [3.8, 4) is 44.5 Å². The Balaban J connectivity index is 1.38. The first-order valence-electron chi connectivity index (χ1n) is 19.3. The van der Waals surface area contributed by atoms with Crippen LogP contribution in [-0.4, -0.2) is 8.80 Å². The van der Waals surface area contributed by atoms with Gasteiger partial charge in [0.05, 0.1) is 0 Å². The molecule has 264 valence electrons. The topological polar surface area (TPSA) is 0 Å². The van der Waals surface area contributed by atoms with Gasteiger partial charge in [-0.1, -0.05) is 191 Å². The number of allylic oxidation sites excluding steroid dienone is 4. The van der Waals surface area contributed by atoms with Crippen molar-refractivity contribution in [1.29, 1.82) is 0 Å². The lowest BCUT2D eigenvalue weighted by molar-refractivity contribution is 0.884. The average molecular weight is 713 g/mol. The molecule has 54 heavy (non-hydrogen) atoms. The summed E-state index contributed by atoms with van der Waals surface area (Å²) in [6, 6.07) is 66.9. The number of benzene rings is 7. The van der Waals surface area contributed by atoms with Gasteiger partial charge in [0.2, 0.25) is 0 Å². The third-order valence-corrected chi connectivity index (χ3v) is 14.8. The number of aryl methyl sites for hydroxylation is 2. The number of rotatable bonds is 9. The van der Waals surface area contributed by atoms with E-state index in [2.05, 4.69) is 211 Å². The zero-order valence-corrected chi connectivity index (χ0v) is 33.3. The Bertz CT molecular complexity index is 2230. The van der Waals surface area contributed by atoms with Gasteiger partial charge >= 0.3 is 0 Å². The zero-order chi connectivity index (χ0) is 37.2. The van der Waals surface area contributed by atoms with Crippen molar-refractivity contribution >= 4 is 24.7 Å². The van der Waals surface area contributed by atoms with E-state index in [4.69, 9.17) is 0 Å². The summed E-state index contributed by atoms with van der Waals surface area (Å²) in [6.45, 7) is 11.6. The highest BCUT2D eigenvalue weighted by atomic mass is 28.3. The Morgan fingerprint density at radius 1 is 0.352 bits per heavy atom. The van der Waals surface area contributed by atoms with Crippen LogP contribution in [0.25, 0.3) is 50.1 Å². The summed E-state index contributed by atoms with van der Waals surface area (Å²) in [5.74, 6) is 0.337. The molecule has 0 radical (unpaired) electrons. The Labute approximate surface area is 323 Å². The van der Waals surface area contributed by atoms with Gasteiger partial charge in [-0.2, -0.15) is 0 Å². The molecule has 0 nitrogen and oxygen atoms in total. The summed E-state index contributed by atoms with van der Waals surface area (Å²) < 4.78 is 0. The summed E-state index contributed by atoms with van der Waals surface area (Å²) >= 11 is 0. The quantitative estimate of drug-likeness (QED) is 0.131. The van der Waals surface area contributed by atoms with E-state index in [-0.39, 0.29) is 0 Å². The van der Waals surface area contributed by atoms with Gasteiger partial charge in [-0.15, -0.1) is 0 Å². The minimum atomic E-state index is -1.96. The fourth-order valence-corrected chi connectivity index (χ4v) is 12.2. The van der Waals surface area contributed by atoms with Crippen LogP contribution in [0.2, 0.25) is 6.04 Å². The van der Waals surface area contributed by atoms with Gasteiger partial charge in [0.15, 0.2) is 0 Å². The second-order valence-electron chi connectivity index (χ2n) is 15.2. The molecule has 0 bridgehead atoms. The molecule has 8 rings (SSSR count). The van der Waals surface area contributed by atoms with Crippen LogP contribution < -0.4 is 10.4 Å². The maximum Gasteiger partial charge on any atom is 0.104 e. The molecule has 0 aromatic heterocycles. The predicted molar refractivity (Wildman–Crippen MR) is 236 cm³/mol. The Morgan fingerprint density at radius 2 is 0.704 bits per heavy atom. The Hall–Kier alpha value is -5.76. The van der Waals surface area contributed by atoms with Crippen LogP contribution >= 0.6 is 0 Å². The summed E-state index contributed by atoms with van der Waals surface area (Å²) in [5, 5.41) is 2.96. The van der Waals surface area contributed by atoms with E-state index in [1.165, 1.54) is 93.9 Å². The van der Waals surface area contributed by atoms with Crippen molar-refractivity contribution in [1.82, 2.24) is 0 Å². The minimum absolute atomic E-state index is 0.337. The Kier molecular flexibility index (Phi) is 10.00. The lowest BCUT2D eigenvalue weighted by atomic mass is 9.90. The molecule has 0 fully saturated rings. The molecule has 1 unspecified atom stereocenters. The number of hydrogen-bond donors (Lipinski definition) is 0. The predicted octanol–water partition coefficient (Wildman–Crippen LogP) is 12.8. The summed E-state index contributed by atoms with van der Waals surface area (Å²) in [6.07, 6.45) is 0. The maximum atomic E-state index is 2.53. The van der Waals surface area contributed by atoms with E-state index in [0.717, 1.165) is 6.04 Å². The molecule has 1 aliphatic rings. The summed E-state index contributed by atoms with van der Waals surface area (Å²) in [7, 11) is -1.96. The van der Waals surface area contributed by atoms with Crippen molar-refractivity contribution in [2.45, 2.75) is 40.7 Å². The molecule has 7 aromatic rings. The molecule has 0 saturated heterocycles. The van der Waals surface area contributed by atoms with Crippen LogP contribution in [0.3, 0.4) is 0 Å². The maximum absolute atomic E-state index is 2.53. The van der Waals surface area contributed by atoms with Crippen molar-refractivity contribution in [2.75, 3.05) is 0 Å². The third-order valence-electron chi connectivity index (χ3n) is 11.6. The number of hydrogen-bond acceptors (Lipinski definition) is 0. The van der Waals surface area contributed by atoms with Gasteiger partial charge in [-0.25, -0.2) is 0 Å². The van der Waals surface area contributed by atoms with E-state index >= 15 is 0 Å². The zero-order valence-electron chi connectivity index (χ0n) is 32.1. The first-order valence-corrected chi connectivity index (χ1v) is 21.3. The fraction of sp³-hybridized carbons (Fsp3) is 0.132. The molecular formula is C53H48Si. The highest BCUT2D eigenvalue weighted by Crippen LogP contribution is 2.46. The molecule has 0 N–H and O–H groups in total. The van der Waals surface area contributed by atoms with Crippen molar-refractivity contribution < 1.29 is 0 Å². The van der Waals surface area contributed by atoms with Gasteiger partial charge in [-0.3, -0.25) is 0 Å². The first kappa shape index (κ1) is 35.3. The Morgan fingerprint density at radius 3 is 1.06 bits per heavy atom. The molecule has 0 spiro atoms. The first-order chi connectivity index (χ1) is 26.3. The molecule has 1 aliphatic carbocycles. The highest BCUT2D eigenvalue weighted by molar-refractivity contribution is 6.85. The van der Waals surface area contributed by atoms with E-state index in [0.29, 0.717) is 5.92 Å². The van der Waals surface area contributed by atoms with Crippen molar-refractivity contribution in [3.63, 3.8) is 0 Å². The molecule has 0 amide bonds. The van der Waals surface area contributed by atoms with E-state index in [1.807, 2.05) is 0 Å². The van der Waals surface area contributed by atoms with Crippen LogP contribution in [0.5, 0.6) is 0 Å². The van der Waals surface area contributed by atoms with Crippen molar-refractivity contribution in [2.24, 2.45) is 5.92 Å². The van der Waals surface area contributed by atoms with Gasteiger partial charge < -0.3 is 0 Å². The lowest BCUT2D eigenvalue weighted by Crippen LogP contribution is -2.44. The van der Waals surface area contributed by atoms with E-state index < -0.39 is 8.80 Å². The average Bonchev–Trinajstić information content (AvgIpc) is 3.43. The normalized spacial score (nSPS) is 14.3. The SMILES string of the molecule is CC1=C(C)C(C[SiH](c2cc(-c3ccccc3)cc(-c3ccccc3)c2)c2cc(-c3ccccc3)cc(-c3ccccc3)c2)C(c2cc(C)cc(C)c2)=C1C. The van der Waals surface area contributed by atoms with E-state index in [1.54, 1.807) is 0 Å². The largest absolute Gasteiger partial charge is 0.104 e. The van der Waals surface area contributed by atoms with Crippen molar-refractivity contribution in [3.05, 3.63) is 209 Å². The van der Waals surface area contributed by atoms with Gasteiger partial charge in [0.1, 0.15) is 8.80 Å². The molecule has 0 saturated carbocycles. The van der Waals surface area contributed by atoms with Gasteiger partial charge in [0, 0.05) is 5.92 Å². The smallest absolute Gasteiger partial charge is 0.0629 e. The second kappa shape index (κ2) is 15.3. The molecule has 0 aliphatic heterocycles. The van der Waals surface area contributed by atoms with Gasteiger partial charge in [-0.05, 0) is 120 Å². The fourth-order valence-electron chi connectivity index (χ4n) is 8.67. The van der Waals surface area contributed by atoms with Crippen LogP contribution in [0.4, 0.5) is 0 Å².